The Hall–Kier alpha value is -3.39. The van der Waals surface area contributed by atoms with Crippen molar-refractivity contribution in [3.63, 3.8) is 0 Å². The average Bonchev–Trinajstić information content (AvgIpc) is 3.46. The van der Waals surface area contributed by atoms with Crippen LogP contribution in [-0.2, 0) is 6.54 Å². The number of methoxy groups -OCH3 is 1. The Morgan fingerprint density at radius 2 is 2.10 bits per heavy atom. The maximum absolute atomic E-state index is 12.7. The fourth-order valence-electron chi connectivity index (χ4n) is 3.15. The van der Waals surface area contributed by atoms with Gasteiger partial charge in [-0.1, -0.05) is 18.2 Å². The lowest BCUT2D eigenvalue weighted by atomic mass is 10.2. The average molecular weight is 407 g/mol. The van der Waals surface area contributed by atoms with Crippen LogP contribution in [0.2, 0.25) is 0 Å². The Kier molecular flexibility index (Phi) is 5.18. The normalized spacial score (nSPS) is 10.9. The van der Waals surface area contributed by atoms with Crippen LogP contribution in [0.4, 0.5) is 5.69 Å². The van der Waals surface area contributed by atoms with E-state index in [0.717, 1.165) is 33.3 Å². The molecule has 3 aromatic heterocycles. The second-order valence-electron chi connectivity index (χ2n) is 6.65. The van der Waals surface area contributed by atoms with E-state index in [1.807, 2.05) is 60.3 Å². The van der Waals surface area contributed by atoms with E-state index in [-0.39, 0.29) is 5.91 Å². The fraction of sp³-hybridized carbons (Fsp3) is 0.190. The first kappa shape index (κ1) is 18.9. The summed E-state index contributed by atoms with van der Waals surface area (Å²) in [5.41, 5.74) is 4.58. The number of hydrogen-bond donors (Lipinski definition) is 2. The van der Waals surface area contributed by atoms with E-state index in [1.165, 1.54) is 0 Å². The molecule has 4 aromatic rings. The van der Waals surface area contributed by atoms with Crippen LogP contribution in [0.3, 0.4) is 0 Å². The largest absolute Gasteiger partial charge is 0.497 e. The molecule has 0 aliphatic rings. The summed E-state index contributed by atoms with van der Waals surface area (Å²) >= 11 is 1.59. The van der Waals surface area contributed by atoms with Crippen LogP contribution in [0.5, 0.6) is 5.75 Å². The second-order valence-corrected chi connectivity index (χ2v) is 7.60. The molecule has 1 aromatic carbocycles. The van der Waals surface area contributed by atoms with Crippen molar-refractivity contribution in [3.05, 3.63) is 70.5 Å². The molecule has 0 aliphatic carbocycles. The first-order chi connectivity index (χ1) is 14.0. The number of aromatic nitrogens is 4. The number of ether oxygens (including phenoxy) is 1. The van der Waals surface area contributed by atoms with Gasteiger partial charge in [0.1, 0.15) is 5.75 Å². The summed E-state index contributed by atoms with van der Waals surface area (Å²) in [5.74, 6) is 0.536. The van der Waals surface area contributed by atoms with Crippen LogP contribution in [-0.4, -0.2) is 33.0 Å². The summed E-state index contributed by atoms with van der Waals surface area (Å²) in [7, 11) is 1.65. The molecule has 0 aliphatic heterocycles. The van der Waals surface area contributed by atoms with E-state index in [2.05, 4.69) is 20.6 Å². The highest BCUT2D eigenvalue weighted by Gasteiger charge is 2.18. The van der Waals surface area contributed by atoms with Crippen molar-refractivity contribution in [2.75, 3.05) is 12.4 Å². The molecule has 0 bridgehead atoms. The van der Waals surface area contributed by atoms with Crippen molar-refractivity contribution < 1.29 is 9.53 Å². The highest BCUT2D eigenvalue weighted by Crippen LogP contribution is 2.25. The predicted octanol–water partition coefficient (Wildman–Crippen LogP) is 4.26. The molecule has 8 heteroatoms. The number of hydrogen-bond acceptors (Lipinski definition) is 5. The molecule has 7 nitrogen and oxygen atoms in total. The zero-order valence-corrected chi connectivity index (χ0v) is 17.2. The van der Waals surface area contributed by atoms with E-state index in [1.54, 1.807) is 24.5 Å². The van der Waals surface area contributed by atoms with Gasteiger partial charge in [-0.2, -0.15) is 10.2 Å². The van der Waals surface area contributed by atoms with E-state index in [0.29, 0.717) is 17.9 Å². The molecule has 3 heterocycles. The van der Waals surface area contributed by atoms with Gasteiger partial charge in [-0.3, -0.25) is 14.6 Å². The molecule has 0 radical (unpaired) electrons. The summed E-state index contributed by atoms with van der Waals surface area (Å²) in [4.78, 5) is 13.7. The van der Waals surface area contributed by atoms with Crippen LogP contribution in [0, 0.1) is 13.8 Å². The van der Waals surface area contributed by atoms with Gasteiger partial charge in [-0.25, -0.2) is 0 Å². The van der Waals surface area contributed by atoms with Gasteiger partial charge < -0.3 is 10.1 Å². The third-order valence-corrected chi connectivity index (χ3v) is 5.59. The molecule has 0 spiro atoms. The van der Waals surface area contributed by atoms with Crippen LogP contribution in [0.25, 0.3) is 10.6 Å². The Morgan fingerprint density at radius 1 is 1.24 bits per heavy atom. The minimum atomic E-state index is -0.267. The fourth-order valence-corrected chi connectivity index (χ4v) is 3.84. The van der Waals surface area contributed by atoms with Gasteiger partial charge in [-0.15, -0.1) is 11.3 Å². The number of aryl methyl sites for hydroxylation is 1. The van der Waals surface area contributed by atoms with Gasteiger partial charge in [0.2, 0.25) is 0 Å². The molecule has 0 saturated carbocycles. The Morgan fingerprint density at radius 3 is 2.86 bits per heavy atom. The minimum absolute atomic E-state index is 0.267. The summed E-state index contributed by atoms with van der Waals surface area (Å²) in [5, 5.41) is 16.6. The molecular weight excluding hydrogens is 386 g/mol. The molecule has 0 fully saturated rings. The van der Waals surface area contributed by atoms with Gasteiger partial charge >= 0.3 is 0 Å². The van der Waals surface area contributed by atoms with Crippen molar-refractivity contribution >= 4 is 22.9 Å². The molecule has 4 rings (SSSR count). The Balaban J connectivity index is 1.52. The summed E-state index contributed by atoms with van der Waals surface area (Å²) < 4.78 is 7.16. The quantitative estimate of drug-likeness (QED) is 0.500. The number of rotatable bonds is 6. The van der Waals surface area contributed by atoms with Gasteiger partial charge in [0.05, 0.1) is 41.3 Å². The lowest BCUT2D eigenvalue weighted by molar-refractivity contribution is 0.102. The monoisotopic (exact) mass is 407 g/mol. The van der Waals surface area contributed by atoms with E-state index >= 15 is 0 Å². The van der Waals surface area contributed by atoms with Crippen LogP contribution in [0.1, 0.15) is 27.4 Å². The molecular formula is C21H21N5O2S. The number of H-pyrrole nitrogens is 1. The number of nitrogens with one attached hydrogen (secondary N) is 2. The molecule has 148 valence electrons. The maximum Gasteiger partial charge on any atom is 0.276 e. The zero-order chi connectivity index (χ0) is 20.4. The second kappa shape index (κ2) is 7.92. The van der Waals surface area contributed by atoms with E-state index < -0.39 is 0 Å². The van der Waals surface area contributed by atoms with Crippen LogP contribution in [0.15, 0.2) is 47.8 Å². The van der Waals surface area contributed by atoms with Crippen molar-refractivity contribution in [1.29, 1.82) is 0 Å². The molecule has 1 amide bonds. The van der Waals surface area contributed by atoms with Crippen LogP contribution < -0.4 is 10.1 Å². The summed E-state index contributed by atoms with van der Waals surface area (Å²) in [6.07, 6.45) is 0. The highest BCUT2D eigenvalue weighted by atomic mass is 32.1. The smallest absolute Gasteiger partial charge is 0.276 e. The number of nitrogens with zero attached hydrogens (tertiary/aromatic N) is 3. The topological polar surface area (TPSA) is 84.8 Å². The maximum atomic E-state index is 12.7. The van der Waals surface area contributed by atoms with Gasteiger partial charge in [0, 0.05) is 0 Å². The number of amides is 1. The molecule has 0 saturated heterocycles. The minimum Gasteiger partial charge on any atom is -0.497 e. The van der Waals surface area contributed by atoms with Crippen LogP contribution >= 0.6 is 11.3 Å². The van der Waals surface area contributed by atoms with E-state index in [9.17, 15) is 4.79 Å². The summed E-state index contributed by atoms with van der Waals surface area (Å²) in [6, 6.07) is 13.6. The standard InChI is InChI=1S/C21H21N5O2S/c1-13-20(14(2)26(25-13)12-15-6-4-7-16(10-15)28-3)22-21(27)18-11-17(23-24-18)19-8-5-9-29-19/h4-11H,12H2,1-3H3,(H,22,27)(H,23,24). The van der Waals surface area contributed by atoms with Crippen molar-refractivity contribution in [3.8, 4) is 16.3 Å². The lowest BCUT2D eigenvalue weighted by Gasteiger charge is -2.08. The first-order valence-corrected chi connectivity index (χ1v) is 10.0. The Labute approximate surface area is 172 Å². The third-order valence-electron chi connectivity index (χ3n) is 4.68. The number of thiophene rings is 1. The lowest BCUT2D eigenvalue weighted by Crippen LogP contribution is -2.14. The molecule has 0 unspecified atom stereocenters. The molecule has 0 atom stereocenters. The molecule has 2 N–H and O–H groups in total. The van der Waals surface area contributed by atoms with Crippen molar-refractivity contribution in [2.45, 2.75) is 20.4 Å². The number of carbonyl (C=O) groups is 1. The van der Waals surface area contributed by atoms with Crippen molar-refractivity contribution in [2.24, 2.45) is 0 Å². The first-order valence-electron chi connectivity index (χ1n) is 9.12. The highest BCUT2D eigenvalue weighted by molar-refractivity contribution is 7.13. The van der Waals surface area contributed by atoms with Gasteiger partial charge in [0.15, 0.2) is 5.69 Å². The number of benzene rings is 1. The number of carbonyl (C=O) groups excluding carboxylic acids is 1. The zero-order valence-electron chi connectivity index (χ0n) is 16.4. The summed E-state index contributed by atoms with van der Waals surface area (Å²) in [6.45, 7) is 4.41. The predicted molar refractivity (Wildman–Crippen MR) is 114 cm³/mol. The van der Waals surface area contributed by atoms with Crippen molar-refractivity contribution in [1.82, 2.24) is 20.0 Å². The Bertz CT molecular complexity index is 1140. The third kappa shape index (κ3) is 3.93. The van der Waals surface area contributed by atoms with E-state index in [4.69, 9.17) is 4.74 Å². The molecule has 29 heavy (non-hydrogen) atoms. The van der Waals surface area contributed by atoms with Gasteiger partial charge in [-0.05, 0) is 49.1 Å². The number of aromatic amines is 1. The van der Waals surface area contributed by atoms with Gasteiger partial charge in [0.25, 0.3) is 5.91 Å². The SMILES string of the molecule is COc1cccc(Cn2nc(C)c(NC(=O)c3cc(-c4cccs4)[nH]n3)c2C)c1. The number of anilines is 1.